The van der Waals surface area contributed by atoms with Crippen LogP contribution >= 0.6 is 0 Å². The molecule has 7 heteroatoms. The number of carbonyl (C=O) groups is 3. The molecule has 27 heavy (non-hydrogen) atoms. The fourth-order valence-corrected chi connectivity index (χ4v) is 2.23. The van der Waals surface area contributed by atoms with Crippen LogP contribution in [0.3, 0.4) is 0 Å². The smallest absolute Gasteiger partial charge is 0.306 e. The van der Waals surface area contributed by atoms with Gasteiger partial charge in [0.15, 0.2) is 11.9 Å². The van der Waals surface area contributed by atoms with Crippen molar-refractivity contribution < 1.29 is 28.3 Å². The monoisotopic (exact) mass is 373 g/mol. The summed E-state index contributed by atoms with van der Waals surface area (Å²) in [6, 6.07) is 10.3. The lowest BCUT2D eigenvalue weighted by atomic mass is 10.1. The van der Waals surface area contributed by atoms with Crippen LogP contribution in [0.25, 0.3) is 0 Å². The molecule has 0 saturated heterocycles. The highest BCUT2D eigenvalue weighted by molar-refractivity contribution is 5.94. The first-order valence-electron chi connectivity index (χ1n) is 8.69. The van der Waals surface area contributed by atoms with Gasteiger partial charge in [0.2, 0.25) is 0 Å². The number of ether oxygens (including phenoxy) is 2. The van der Waals surface area contributed by atoms with Gasteiger partial charge in [0.05, 0.1) is 19.4 Å². The quantitative estimate of drug-likeness (QED) is 0.391. The maximum atomic E-state index is 11.9. The highest BCUT2D eigenvalue weighted by Crippen LogP contribution is 2.13. The Morgan fingerprint density at radius 3 is 2.52 bits per heavy atom. The van der Waals surface area contributed by atoms with Crippen LogP contribution in [-0.2, 0) is 20.9 Å². The van der Waals surface area contributed by atoms with Crippen LogP contribution in [0.2, 0.25) is 0 Å². The van der Waals surface area contributed by atoms with E-state index in [-0.39, 0.29) is 24.7 Å². The second kappa shape index (κ2) is 10.2. The first-order valence-corrected chi connectivity index (χ1v) is 8.69. The number of Topliss-reactive ketones (excluding diaryl/α,β-unsaturated/α-hetero) is 1. The first kappa shape index (κ1) is 20.2. The zero-order valence-corrected chi connectivity index (χ0v) is 15.4. The summed E-state index contributed by atoms with van der Waals surface area (Å²) < 4.78 is 15.7. The highest BCUT2D eigenvalue weighted by Gasteiger charge is 2.17. The van der Waals surface area contributed by atoms with Crippen molar-refractivity contribution in [3.8, 4) is 5.75 Å². The fraction of sp³-hybridized carbons (Fsp3) is 0.350. The minimum absolute atomic E-state index is 0.00777. The highest BCUT2D eigenvalue weighted by atomic mass is 16.5. The Bertz CT molecular complexity index is 751. The normalized spacial score (nSPS) is 11.5. The number of carbonyl (C=O) groups excluding carboxylic acids is 3. The standard InChI is InChI=1S/C20H23NO6/c1-14(22)16-7-9-17(10-8-16)25-12-4-6-19(23)27-15(2)20(24)21-13-18-5-3-11-26-18/h3,5,7-11,15H,4,6,12-13H2,1-2H3,(H,21,24)/t15-/m0/s1. The number of nitrogens with one attached hydrogen (secondary N) is 1. The average Bonchev–Trinajstić information content (AvgIpc) is 3.17. The molecule has 0 aliphatic heterocycles. The van der Waals surface area contributed by atoms with E-state index in [0.29, 0.717) is 30.1 Å². The second-order valence-electron chi connectivity index (χ2n) is 5.96. The molecule has 0 radical (unpaired) electrons. The molecule has 7 nitrogen and oxygen atoms in total. The van der Waals surface area contributed by atoms with Gasteiger partial charge in [0.25, 0.3) is 5.91 Å². The van der Waals surface area contributed by atoms with Crippen molar-refractivity contribution in [2.45, 2.75) is 39.3 Å². The molecule has 1 N–H and O–H groups in total. The summed E-state index contributed by atoms with van der Waals surface area (Å²) in [4.78, 5) is 34.9. The molecule has 1 amide bonds. The van der Waals surface area contributed by atoms with Crippen LogP contribution < -0.4 is 10.1 Å². The van der Waals surface area contributed by atoms with Crippen molar-refractivity contribution in [3.63, 3.8) is 0 Å². The topological polar surface area (TPSA) is 94.8 Å². The molecule has 0 saturated carbocycles. The minimum atomic E-state index is -0.882. The molecular formula is C20H23NO6. The van der Waals surface area contributed by atoms with Crippen molar-refractivity contribution >= 4 is 17.7 Å². The van der Waals surface area contributed by atoms with Crippen molar-refractivity contribution in [1.82, 2.24) is 5.32 Å². The average molecular weight is 373 g/mol. The Labute approximate surface area is 157 Å². The fourth-order valence-electron chi connectivity index (χ4n) is 2.23. The molecule has 2 rings (SSSR count). The molecule has 144 valence electrons. The van der Waals surface area contributed by atoms with E-state index in [1.165, 1.54) is 20.1 Å². The lowest BCUT2D eigenvalue weighted by molar-refractivity contribution is -0.155. The van der Waals surface area contributed by atoms with Gasteiger partial charge in [-0.15, -0.1) is 0 Å². The van der Waals surface area contributed by atoms with Gasteiger partial charge in [-0.05, 0) is 56.7 Å². The lowest BCUT2D eigenvalue weighted by Crippen LogP contribution is -2.35. The summed E-state index contributed by atoms with van der Waals surface area (Å²) in [5.41, 5.74) is 0.616. The predicted molar refractivity (Wildman–Crippen MR) is 97.3 cm³/mol. The molecule has 0 unspecified atom stereocenters. The van der Waals surface area contributed by atoms with Crippen molar-refractivity contribution in [1.29, 1.82) is 0 Å². The van der Waals surface area contributed by atoms with Crippen LogP contribution in [-0.4, -0.2) is 30.4 Å². The van der Waals surface area contributed by atoms with Crippen molar-refractivity contribution in [2.75, 3.05) is 6.61 Å². The van der Waals surface area contributed by atoms with Gasteiger partial charge in [-0.3, -0.25) is 14.4 Å². The minimum Gasteiger partial charge on any atom is -0.494 e. The van der Waals surface area contributed by atoms with Gasteiger partial charge in [-0.1, -0.05) is 0 Å². The van der Waals surface area contributed by atoms with Gasteiger partial charge in [-0.2, -0.15) is 0 Å². The van der Waals surface area contributed by atoms with Crippen LogP contribution in [0.5, 0.6) is 5.75 Å². The van der Waals surface area contributed by atoms with Crippen LogP contribution in [0.1, 0.15) is 42.8 Å². The third-order valence-corrected chi connectivity index (χ3v) is 3.75. The van der Waals surface area contributed by atoms with E-state index < -0.39 is 12.1 Å². The molecule has 1 heterocycles. The molecule has 1 aromatic heterocycles. The first-order chi connectivity index (χ1) is 13.0. The number of ketones is 1. The van der Waals surface area contributed by atoms with E-state index in [9.17, 15) is 14.4 Å². The Morgan fingerprint density at radius 2 is 1.89 bits per heavy atom. The Morgan fingerprint density at radius 1 is 1.15 bits per heavy atom. The summed E-state index contributed by atoms with van der Waals surface area (Å²) in [7, 11) is 0. The Hall–Kier alpha value is -3.09. The molecule has 0 aliphatic carbocycles. The molecule has 0 fully saturated rings. The van der Waals surface area contributed by atoms with Gasteiger partial charge in [-0.25, -0.2) is 0 Å². The van der Waals surface area contributed by atoms with Crippen molar-refractivity contribution in [2.24, 2.45) is 0 Å². The summed E-state index contributed by atoms with van der Waals surface area (Å²) >= 11 is 0. The molecular weight excluding hydrogens is 350 g/mol. The third kappa shape index (κ3) is 6.97. The maximum Gasteiger partial charge on any atom is 0.306 e. The molecule has 1 atom stereocenters. The van der Waals surface area contributed by atoms with E-state index in [1.807, 2.05) is 0 Å². The number of benzene rings is 1. The van der Waals surface area contributed by atoms with E-state index in [4.69, 9.17) is 13.9 Å². The number of amides is 1. The van der Waals surface area contributed by atoms with Gasteiger partial charge in [0.1, 0.15) is 11.5 Å². The number of hydrogen-bond acceptors (Lipinski definition) is 6. The van der Waals surface area contributed by atoms with E-state index in [0.717, 1.165) is 0 Å². The van der Waals surface area contributed by atoms with Gasteiger partial charge < -0.3 is 19.2 Å². The number of hydrogen-bond donors (Lipinski definition) is 1. The molecule has 0 aliphatic rings. The number of esters is 1. The van der Waals surface area contributed by atoms with Crippen molar-refractivity contribution in [3.05, 3.63) is 54.0 Å². The molecule has 0 bridgehead atoms. The van der Waals surface area contributed by atoms with E-state index in [1.54, 1.807) is 36.4 Å². The molecule has 2 aromatic rings. The third-order valence-electron chi connectivity index (χ3n) is 3.75. The van der Waals surface area contributed by atoms with Gasteiger partial charge >= 0.3 is 5.97 Å². The van der Waals surface area contributed by atoms with Gasteiger partial charge in [0, 0.05) is 12.0 Å². The lowest BCUT2D eigenvalue weighted by Gasteiger charge is -2.13. The van der Waals surface area contributed by atoms with E-state index >= 15 is 0 Å². The maximum absolute atomic E-state index is 11.9. The molecule has 1 aromatic carbocycles. The zero-order valence-electron chi connectivity index (χ0n) is 15.4. The summed E-state index contributed by atoms with van der Waals surface area (Å²) in [5.74, 6) is 0.383. The predicted octanol–water partition coefficient (Wildman–Crippen LogP) is 2.89. The molecule has 0 spiro atoms. The van der Waals surface area contributed by atoms with Crippen LogP contribution in [0, 0.1) is 0 Å². The summed E-state index contributed by atoms with van der Waals surface area (Å²) in [5, 5.41) is 2.63. The van der Waals surface area contributed by atoms with Crippen LogP contribution in [0.15, 0.2) is 47.1 Å². The SMILES string of the molecule is CC(=O)c1ccc(OCCCC(=O)O[C@@H](C)C(=O)NCc2ccco2)cc1. The summed E-state index contributed by atoms with van der Waals surface area (Å²) in [6.45, 7) is 3.58. The van der Waals surface area contributed by atoms with Crippen LogP contribution in [0.4, 0.5) is 0 Å². The Balaban J connectivity index is 1.62. The Kier molecular flexibility index (Phi) is 7.61. The largest absolute Gasteiger partial charge is 0.494 e. The number of rotatable bonds is 10. The summed E-state index contributed by atoms with van der Waals surface area (Å²) in [6.07, 6.45) is 1.23. The van der Waals surface area contributed by atoms with E-state index in [2.05, 4.69) is 5.32 Å². The zero-order chi connectivity index (χ0) is 19.6. The number of furan rings is 1. The second-order valence-corrected chi connectivity index (χ2v) is 5.96.